The lowest BCUT2D eigenvalue weighted by Gasteiger charge is -2.27. The first kappa shape index (κ1) is 16.8. The van der Waals surface area contributed by atoms with Gasteiger partial charge in [-0.2, -0.15) is 0 Å². The van der Waals surface area contributed by atoms with E-state index in [-0.39, 0.29) is 24.3 Å². The molecular weight excluding hydrogens is 323 g/mol. The van der Waals surface area contributed by atoms with Crippen molar-refractivity contribution >= 4 is 11.7 Å². The quantitative estimate of drug-likeness (QED) is 0.908. The van der Waals surface area contributed by atoms with E-state index in [9.17, 15) is 19.1 Å². The topological polar surface area (TPSA) is 70.5 Å². The molecule has 0 saturated carbocycles. The predicted octanol–water partition coefficient (Wildman–Crippen LogP) is 3.10. The van der Waals surface area contributed by atoms with Crippen molar-refractivity contribution in [3.8, 4) is 0 Å². The average Bonchev–Trinajstić information content (AvgIpc) is 2.87. The number of hydrogen-bond acceptors (Lipinski definition) is 4. The van der Waals surface area contributed by atoms with Crippen molar-refractivity contribution in [2.45, 2.75) is 25.9 Å². The van der Waals surface area contributed by atoms with Crippen LogP contribution < -0.4 is 0 Å². The highest BCUT2D eigenvalue weighted by Gasteiger charge is 2.42. The molecule has 0 fully saturated rings. The zero-order valence-electron chi connectivity index (χ0n) is 13.6. The van der Waals surface area contributed by atoms with E-state index in [2.05, 4.69) is 4.98 Å². The summed E-state index contributed by atoms with van der Waals surface area (Å²) >= 11 is 0. The Hall–Kier alpha value is -3.02. The van der Waals surface area contributed by atoms with Crippen LogP contribution in [0.25, 0.3) is 0 Å². The minimum absolute atomic E-state index is 0.0631. The van der Waals surface area contributed by atoms with E-state index in [1.165, 1.54) is 29.2 Å². The third-order valence-corrected chi connectivity index (χ3v) is 4.21. The molecule has 1 unspecified atom stereocenters. The lowest BCUT2D eigenvalue weighted by molar-refractivity contribution is -0.130. The Labute approximate surface area is 144 Å². The zero-order valence-corrected chi connectivity index (χ0v) is 13.6. The van der Waals surface area contributed by atoms with Crippen molar-refractivity contribution < 1.29 is 19.1 Å². The summed E-state index contributed by atoms with van der Waals surface area (Å²) in [6.07, 6.45) is 3.37. The first-order chi connectivity index (χ1) is 12.0. The minimum Gasteiger partial charge on any atom is -0.503 e. The molecule has 2 heterocycles. The summed E-state index contributed by atoms with van der Waals surface area (Å²) in [6.45, 7) is 1.87. The Morgan fingerprint density at radius 1 is 1.20 bits per heavy atom. The van der Waals surface area contributed by atoms with E-state index in [0.29, 0.717) is 5.56 Å². The molecule has 25 heavy (non-hydrogen) atoms. The molecule has 1 N–H and O–H groups in total. The summed E-state index contributed by atoms with van der Waals surface area (Å²) in [4.78, 5) is 30.3. The Morgan fingerprint density at radius 3 is 2.44 bits per heavy atom. The molecule has 3 rings (SSSR count). The molecule has 0 aliphatic carbocycles. The second-order valence-electron chi connectivity index (χ2n) is 5.78. The van der Waals surface area contributed by atoms with Crippen molar-refractivity contribution in [3.63, 3.8) is 0 Å². The standard InChI is InChI=1S/C19H17FN2O3/c1-2-15(23)16-17(13-3-5-14(20)6-4-13)22(19(25)18(16)24)11-12-7-9-21-10-8-12/h3-10,17,24H,2,11H2,1H3. The van der Waals surface area contributed by atoms with Crippen LogP contribution >= 0.6 is 0 Å². The number of carbonyl (C=O) groups is 2. The fraction of sp³-hybridized carbons (Fsp3) is 0.211. The summed E-state index contributed by atoms with van der Waals surface area (Å²) < 4.78 is 13.3. The number of halogens is 1. The molecule has 0 radical (unpaired) electrons. The van der Waals surface area contributed by atoms with Crippen LogP contribution in [-0.2, 0) is 16.1 Å². The Bertz CT molecular complexity index is 832. The molecule has 6 heteroatoms. The van der Waals surface area contributed by atoms with E-state index in [1.54, 1.807) is 31.5 Å². The smallest absolute Gasteiger partial charge is 0.290 e. The van der Waals surface area contributed by atoms with Gasteiger partial charge >= 0.3 is 0 Å². The molecule has 1 aliphatic rings. The van der Waals surface area contributed by atoms with Crippen molar-refractivity contribution in [2.75, 3.05) is 0 Å². The number of aromatic nitrogens is 1. The normalized spacial score (nSPS) is 17.3. The van der Waals surface area contributed by atoms with Gasteiger partial charge in [0, 0.05) is 25.4 Å². The first-order valence-electron chi connectivity index (χ1n) is 7.94. The Kier molecular flexibility index (Phi) is 4.61. The maximum atomic E-state index is 13.3. The number of Topliss-reactive ketones (excluding diaryl/α,β-unsaturated/α-hetero) is 1. The summed E-state index contributed by atoms with van der Waals surface area (Å²) in [5.74, 6) is -1.86. The number of nitrogens with zero attached hydrogens (tertiary/aromatic N) is 2. The molecule has 2 aromatic rings. The van der Waals surface area contributed by atoms with Gasteiger partial charge in [-0.25, -0.2) is 4.39 Å². The van der Waals surface area contributed by atoms with Crippen LogP contribution in [-0.4, -0.2) is 26.7 Å². The zero-order chi connectivity index (χ0) is 18.0. The second kappa shape index (κ2) is 6.84. The SMILES string of the molecule is CCC(=O)C1=C(O)C(=O)N(Cc2ccncc2)C1c1ccc(F)cc1. The minimum atomic E-state index is -0.742. The average molecular weight is 340 g/mol. The van der Waals surface area contributed by atoms with Crippen LogP contribution in [0.1, 0.15) is 30.5 Å². The van der Waals surface area contributed by atoms with E-state index in [1.807, 2.05) is 0 Å². The number of amides is 1. The number of ketones is 1. The van der Waals surface area contributed by atoms with E-state index < -0.39 is 23.5 Å². The first-order valence-corrected chi connectivity index (χ1v) is 7.94. The lowest BCUT2D eigenvalue weighted by atomic mass is 9.95. The Morgan fingerprint density at radius 2 is 1.84 bits per heavy atom. The number of aliphatic hydroxyl groups excluding tert-OH is 1. The number of hydrogen-bond donors (Lipinski definition) is 1. The summed E-state index contributed by atoms with van der Waals surface area (Å²) in [5, 5.41) is 10.3. The third-order valence-electron chi connectivity index (χ3n) is 4.21. The monoisotopic (exact) mass is 340 g/mol. The third kappa shape index (κ3) is 3.15. The van der Waals surface area contributed by atoms with Crippen LogP contribution in [0.2, 0.25) is 0 Å². The number of carbonyl (C=O) groups excluding carboxylic acids is 2. The van der Waals surface area contributed by atoms with Crippen molar-refractivity contribution in [1.82, 2.24) is 9.88 Å². The van der Waals surface area contributed by atoms with Gasteiger partial charge in [-0.1, -0.05) is 19.1 Å². The predicted molar refractivity (Wildman–Crippen MR) is 88.9 cm³/mol. The molecule has 0 spiro atoms. The molecule has 0 bridgehead atoms. The summed E-state index contributed by atoms with van der Waals surface area (Å²) in [6, 6.07) is 8.36. The molecule has 1 aliphatic heterocycles. The fourth-order valence-corrected chi connectivity index (χ4v) is 2.97. The van der Waals surface area contributed by atoms with Crippen LogP contribution in [0, 0.1) is 5.82 Å². The van der Waals surface area contributed by atoms with Gasteiger partial charge < -0.3 is 10.0 Å². The summed E-state index contributed by atoms with van der Waals surface area (Å²) in [7, 11) is 0. The van der Waals surface area contributed by atoms with Crippen molar-refractivity contribution in [2.24, 2.45) is 0 Å². The second-order valence-corrected chi connectivity index (χ2v) is 5.78. The van der Waals surface area contributed by atoms with E-state index in [0.717, 1.165) is 5.56 Å². The van der Waals surface area contributed by atoms with Crippen LogP contribution in [0.5, 0.6) is 0 Å². The lowest BCUT2D eigenvalue weighted by Crippen LogP contribution is -2.30. The van der Waals surface area contributed by atoms with E-state index >= 15 is 0 Å². The highest BCUT2D eigenvalue weighted by Crippen LogP contribution is 2.39. The molecule has 1 amide bonds. The van der Waals surface area contributed by atoms with Gasteiger partial charge in [0.05, 0.1) is 11.6 Å². The van der Waals surface area contributed by atoms with Gasteiger partial charge in [-0.05, 0) is 35.4 Å². The molecule has 128 valence electrons. The summed E-state index contributed by atoms with van der Waals surface area (Å²) in [5.41, 5.74) is 1.45. The number of benzene rings is 1. The number of rotatable bonds is 5. The van der Waals surface area contributed by atoms with E-state index in [4.69, 9.17) is 0 Å². The van der Waals surface area contributed by atoms with Gasteiger partial charge in [-0.15, -0.1) is 0 Å². The van der Waals surface area contributed by atoms with Gasteiger partial charge in [0.25, 0.3) is 5.91 Å². The highest BCUT2D eigenvalue weighted by atomic mass is 19.1. The maximum Gasteiger partial charge on any atom is 0.290 e. The van der Waals surface area contributed by atoms with Gasteiger partial charge in [0.2, 0.25) is 0 Å². The molecule has 1 aromatic carbocycles. The van der Waals surface area contributed by atoms with Gasteiger partial charge in [0.15, 0.2) is 11.5 Å². The van der Waals surface area contributed by atoms with Crippen LogP contribution in [0.15, 0.2) is 60.1 Å². The molecule has 5 nitrogen and oxygen atoms in total. The van der Waals surface area contributed by atoms with Crippen molar-refractivity contribution in [1.29, 1.82) is 0 Å². The van der Waals surface area contributed by atoms with Crippen molar-refractivity contribution in [3.05, 3.63) is 77.1 Å². The largest absolute Gasteiger partial charge is 0.503 e. The molecule has 0 saturated heterocycles. The van der Waals surface area contributed by atoms with Gasteiger partial charge in [0.1, 0.15) is 5.82 Å². The van der Waals surface area contributed by atoms with Crippen LogP contribution in [0.3, 0.4) is 0 Å². The van der Waals surface area contributed by atoms with Gasteiger partial charge in [-0.3, -0.25) is 14.6 Å². The molecule has 1 aromatic heterocycles. The molecule has 1 atom stereocenters. The fourth-order valence-electron chi connectivity index (χ4n) is 2.97. The highest BCUT2D eigenvalue weighted by molar-refractivity contribution is 6.08. The molecular formula is C19H17FN2O3. The van der Waals surface area contributed by atoms with Crippen LogP contribution in [0.4, 0.5) is 4.39 Å². The Balaban J connectivity index is 2.05. The maximum absolute atomic E-state index is 13.3. The number of aliphatic hydroxyl groups is 1. The number of pyridine rings is 1.